The molecule has 3 nitrogen and oxygen atoms in total. The molecule has 0 radical (unpaired) electrons. The molecule has 2 aromatic rings. The summed E-state index contributed by atoms with van der Waals surface area (Å²) < 4.78 is 2.99. The van der Waals surface area contributed by atoms with Crippen LogP contribution in [0.5, 0.6) is 0 Å². The number of aryl methyl sites for hydroxylation is 1. The van der Waals surface area contributed by atoms with E-state index in [1.807, 2.05) is 8.85 Å². The lowest BCUT2D eigenvalue weighted by Crippen LogP contribution is -1.84. The zero-order valence-electron chi connectivity index (χ0n) is 6.25. The monoisotopic (exact) mass is 385 g/mol. The number of pyridine rings is 1. The first-order valence-electron chi connectivity index (χ1n) is 3.36. The molecule has 2 aromatic heterocycles. The van der Waals surface area contributed by atoms with Gasteiger partial charge < -0.3 is 0 Å². The average Bonchev–Trinajstić information content (AvgIpc) is 2.29. The largest absolute Gasteiger partial charge is 0.257 e. The Morgan fingerprint density at radius 1 is 1.50 bits per heavy atom. The van der Waals surface area contributed by atoms with Crippen LogP contribution in [0.2, 0.25) is 0 Å². The van der Waals surface area contributed by atoms with E-state index < -0.39 is 0 Å². The van der Waals surface area contributed by atoms with Crippen LogP contribution in [0.1, 0.15) is 5.56 Å². The highest BCUT2D eigenvalue weighted by Crippen LogP contribution is 2.21. The molecule has 0 atom stereocenters. The zero-order chi connectivity index (χ0) is 8.72. The minimum atomic E-state index is 0.828. The molecular formula is C7H5I2N3. The maximum atomic E-state index is 4.30. The second-order valence-electron chi connectivity index (χ2n) is 2.46. The molecule has 0 N–H and O–H groups in total. The Hall–Kier alpha value is 0.0800. The van der Waals surface area contributed by atoms with Gasteiger partial charge in [0, 0.05) is 28.8 Å². The molecule has 0 aliphatic rings. The summed E-state index contributed by atoms with van der Waals surface area (Å²) in [6, 6.07) is 2.00. The minimum Gasteiger partial charge on any atom is -0.257 e. The lowest BCUT2D eigenvalue weighted by molar-refractivity contribution is 1.22. The highest BCUT2D eigenvalue weighted by molar-refractivity contribution is 14.1. The summed E-state index contributed by atoms with van der Waals surface area (Å²) in [5, 5.41) is 0. The van der Waals surface area contributed by atoms with Crippen molar-refractivity contribution in [1.29, 1.82) is 0 Å². The van der Waals surface area contributed by atoms with Crippen LogP contribution >= 0.6 is 45.5 Å². The van der Waals surface area contributed by atoms with Crippen LogP contribution in [0.3, 0.4) is 0 Å². The number of imidazole rings is 1. The number of aromatic nitrogens is 3. The van der Waals surface area contributed by atoms with Gasteiger partial charge in [-0.25, -0.2) is 9.97 Å². The molecule has 2 heterocycles. The summed E-state index contributed by atoms with van der Waals surface area (Å²) in [6.45, 7) is 2.07. The number of halogens is 2. The van der Waals surface area contributed by atoms with E-state index in [0.717, 1.165) is 15.0 Å². The molecule has 0 aromatic carbocycles. The number of rotatable bonds is 0. The van der Waals surface area contributed by atoms with Crippen molar-refractivity contribution in [3.63, 3.8) is 0 Å². The standard InChI is InChI=1S/C7H5I2N3/c1-4-2-3-10-6-5(4)12(9)7(8)11-6/h2-3H,1H3. The van der Waals surface area contributed by atoms with Crippen LogP contribution < -0.4 is 0 Å². The third kappa shape index (κ3) is 1.22. The average molecular weight is 385 g/mol. The maximum absolute atomic E-state index is 4.30. The summed E-state index contributed by atoms with van der Waals surface area (Å²) >= 11 is 4.43. The molecule has 12 heavy (non-hydrogen) atoms. The van der Waals surface area contributed by atoms with Gasteiger partial charge in [0.1, 0.15) is 5.52 Å². The second-order valence-corrected chi connectivity index (χ2v) is 4.39. The van der Waals surface area contributed by atoms with Crippen molar-refractivity contribution in [2.24, 2.45) is 0 Å². The van der Waals surface area contributed by atoms with Crippen molar-refractivity contribution in [1.82, 2.24) is 12.7 Å². The number of hydrogen-bond donors (Lipinski definition) is 0. The first-order valence-corrected chi connectivity index (χ1v) is 5.40. The van der Waals surface area contributed by atoms with Gasteiger partial charge in [-0.3, -0.25) is 2.78 Å². The van der Waals surface area contributed by atoms with E-state index in [4.69, 9.17) is 0 Å². The summed E-state index contributed by atoms with van der Waals surface area (Å²) in [7, 11) is 0. The Bertz CT molecular complexity index is 435. The van der Waals surface area contributed by atoms with Gasteiger partial charge in [-0.1, -0.05) is 0 Å². The van der Waals surface area contributed by atoms with E-state index >= 15 is 0 Å². The van der Waals surface area contributed by atoms with Crippen LogP contribution in [0, 0.1) is 10.8 Å². The highest BCUT2D eigenvalue weighted by atomic mass is 127. The SMILES string of the molecule is Cc1ccnc2nc(I)n(I)c12. The zero-order valence-corrected chi connectivity index (χ0v) is 10.6. The van der Waals surface area contributed by atoms with Gasteiger partial charge in [0.2, 0.25) is 0 Å². The summed E-state index contributed by atoms with van der Waals surface area (Å²) in [5.74, 6) is 0. The fourth-order valence-corrected chi connectivity index (χ4v) is 2.26. The van der Waals surface area contributed by atoms with Crippen molar-refractivity contribution in [3.8, 4) is 0 Å². The highest BCUT2D eigenvalue weighted by Gasteiger charge is 2.08. The lowest BCUT2D eigenvalue weighted by atomic mass is 10.3. The molecule has 0 bridgehead atoms. The fourth-order valence-electron chi connectivity index (χ4n) is 1.08. The van der Waals surface area contributed by atoms with Gasteiger partial charge in [0.25, 0.3) is 0 Å². The van der Waals surface area contributed by atoms with E-state index in [2.05, 4.69) is 62.3 Å². The quantitative estimate of drug-likeness (QED) is 0.653. The Kier molecular flexibility index (Phi) is 2.23. The van der Waals surface area contributed by atoms with Crippen LogP contribution in [-0.2, 0) is 0 Å². The molecule has 62 valence electrons. The van der Waals surface area contributed by atoms with Gasteiger partial charge in [0.05, 0.1) is 22.9 Å². The molecule has 0 saturated heterocycles. The van der Waals surface area contributed by atoms with E-state index in [-0.39, 0.29) is 0 Å². The number of fused-ring (bicyclic) bond motifs is 1. The number of nitrogens with zero attached hydrogens (tertiary/aromatic N) is 3. The van der Waals surface area contributed by atoms with Crippen molar-refractivity contribution in [2.45, 2.75) is 6.92 Å². The molecule has 5 heteroatoms. The smallest absolute Gasteiger partial charge is 0.183 e. The van der Waals surface area contributed by atoms with Crippen LogP contribution in [0.25, 0.3) is 11.2 Å². The second kappa shape index (κ2) is 3.09. The van der Waals surface area contributed by atoms with Gasteiger partial charge in [-0.2, -0.15) is 0 Å². The molecule has 0 amide bonds. The van der Waals surface area contributed by atoms with Crippen LogP contribution in [0.4, 0.5) is 0 Å². The van der Waals surface area contributed by atoms with Gasteiger partial charge >= 0.3 is 0 Å². The molecule has 0 spiro atoms. The van der Waals surface area contributed by atoms with E-state index in [0.29, 0.717) is 0 Å². The molecule has 0 aliphatic heterocycles. The fraction of sp³-hybridized carbons (Fsp3) is 0.143. The molecule has 0 unspecified atom stereocenters. The first kappa shape index (κ1) is 8.67. The van der Waals surface area contributed by atoms with Gasteiger partial charge in [-0.05, 0) is 18.6 Å². The van der Waals surface area contributed by atoms with Crippen LogP contribution in [-0.4, -0.2) is 12.7 Å². The van der Waals surface area contributed by atoms with Crippen molar-refractivity contribution in [3.05, 3.63) is 21.7 Å². The Morgan fingerprint density at radius 3 is 2.92 bits per heavy atom. The van der Waals surface area contributed by atoms with E-state index in [9.17, 15) is 0 Å². The van der Waals surface area contributed by atoms with E-state index in [1.165, 1.54) is 5.56 Å². The lowest BCUT2D eigenvalue weighted by Gasteiger charge is -1.95. The molecule has 0 saturated carbocycles. The Labute approximate surface area is 97.2 Å². The molecule has 0 aliphatic carbocycles. The predicted octanol–water partition coefficient (Wildman–Crippen LogP) is 2.54. The van der Waals surface area contributed by atoms with Crippen LogP contribution in [0.15, 0.2) is 12.3 Å². The normalized spacial score (nSPS) is 10.9. The Morgan fingerprint density at radius 2 is 2.25 bits per heavy atom. The van der Waals surface area contributed by atoms with Gasteiger partial charge in [0.15, 0.2) is 9.48 Å². The third-order valence-corrected chi connectivity index (χ3v) is 4.25. The van der Waals surface area contributed by atoms with Crippen molar-refractivity contribution >= 4 is 56.6 Å². The Balaban J connectivity index is 2.97. The molecule has 2 rings (SSSR count). The number of hydrogen-bond acceptors (Lipinski definition) is 2. The summed E-state index contributed by atoms with van der Waals surface area (Å²) in [4.78, 5) is 8.49. The predicted molar refractivity (Wildman–Crippen MR) is 64.4 cm³/mol. The summed E-state index contributed by atoms with van der Waals surface area (Å²) in [5.41, 5.74) is 3.15. The van der Waals surface area contributed by atoms with Crippen molar-refractivity contribution < 1.29 is 0 Å². The first-order chi connectivity index (χ1) is 5.70. The third-order valence-electron chi connectivity index (χ3n) is 1.66. The van der Waals surface area contributed by atoms with Crippen molar-refractivity contribution in [2.75, 3.05) is 0 Å². The maximum Gasteiger partial charge on any atom is 0.183 e. The molecular weight excluding hydrogens is 380 g/mol. The summed E-state index contributed by atoms with van der Waals surface area (Å²) in [6.07, 6.45) is 1.79. The van der Waals surface area contributed by atoms with E-state index in [1.54, 1.807) is 6.20 Å². The minimum absolute atomic E-state index is 0.828. The topological polar surface area (TPSA) is 30.7 Å². The molecule has 0 fully saturated rings. The van der Waals surface area contributed by atoms with Gasteiger partial charge in [-0.15, -0.1) is 0 Å².